The zero-order valence-corrected chi connectivity index (χ0v) is 8.72. The molecular formula is C10H24N2. The molecule has 0 amide bonds. The van der Waals surface area contributed by atoms with E-state index in [9.17, 15) is 0 Å². The van der Waals surface area contributed by atoms with Crippen molar-refractivity contribution in [3.63, 3.8) is 0 Å². The van der Waals surface area contributed by atoms with E-state index in [1.54, 1.807) is 0 Å². The van der Waals surface area contributed by atoms with Crippen LogP contribution in [-0.2, 0) is 0 Å². The van der Waals surface area contributed by atoms with Crippen molar-refractivity contribution in [1.82, 2.24) is 0 Å². The molecule has 12 heavy (non-hydrogen) atoms. The second-order valence-corrected chi connectivity index (χ2v) is 3.97. The van der Waals surface area contributed by atoms with Gasteiger partial charge in [-0.3, -0.25) is 0 Å². The highest BCUT2D eigenvalue weighted by molar-refractivity contribution is 4.69. The summed E-state index contributed by atoms with van der Waals surface area (Å²) in [6.45, 7) is 7.38. The molecule has 0 bridgehead atoms. The molecule has 0 aromatic heterocycles. The summed E-state index contributed by atoms with van der Waals surface area (Å²) in [6.07, 6.45) is 3.47. The molecular weight excluding hydrogens is 148 g/mol. The van der Waals surface area contributed by atoms with E-state index >= 15 is 0 Å². The molecule has 0 aromatic carbocycles. The van der Waals surface area contributed by atoms with Crippen LogP contribution in [0.5, 0.6) is 0 Å². The Morgan fingerprint density at radius 2 is 1.75 bits per heavy atom. The second kappa shape index (κ2) is 6.44. The maximum atomic E-state index is 5.99. The summed E-state index contributed by atoms with van der Waals surface area (Å²) in [4.78, 5) is 0. The Hall–Kier alpha value is -0.0800. The predicted molar refractivity (Wildman–Crippen MR) is 54.9 cm³/mol. The molecule has 0 heterocycles. The summed E-state index contributed by atoms with van der Waals surface area (Å²) < 4.78 is 0. The van der Waals surface area contributed by atoms with Gasteiger partial charge in [-0.2, -0.15) is 0 Å². The lowest BCUT2D eigenvalue weighted by atomic mass is 9.93. The van der Waals surface area contributed by atoms with E-state index in [4.69, 9.17) is 11.5 Å². The Balaban J connectivity index is 3.49. The number of rotatable bonds is 6. The Morgan fingerprint density at radius 1 is 1.17 bits per heavy atom. The van der Waals surface area contributed by atoms with Crippen molar-refractivity contribution in [1.29, 1.82) is 0 Å². The quantitative estimate of drug-likeness (QED) is 0.641. The van der Waals surface area contributed by atoms with Gasteiger partial charge in [0.1, 0.15) is 0 Å². The fraction of sp³-hybridized carbons (Fsp3) is 1.00. The van der Waals surface area contributed by atoms with Crippen LogP contribution < -0.4 is 11.5 Å². The second-order valence-electron chi connectivity index (χ2n) is 3.97. The summed E-state index contributed by atoms with van der Waals surface area (Å²) in [5.74, 6) is 1.27. The van der Waals surface area contributed by atoms with Crippen LogP contribution in [0.4, 0.5) is 0 Å². The van der Waals surface area contributed by atoms with Crippen LogP contribution >= 0.6 is 0 Å². The molecule has 0 rings (SSSR count). The van der Waals surface area contributed by atoms with Gasteiger partial charge in [0.05, 0.1) is 0 Å². The Kier molecular flexibility index (Phi) is 6.39. The molecule has 74 valence electrons. The fourth-order valence-electron chi connectivity index (χ4n) is 1.18. The van der Waals surface area contributed by atoms with Crippen molar-refractivity contribution in [3.05, 3.63) is 0 Å². The highest BCUT2D eigenvalue weighted by atomic mass is 14.6. The molecule has 3 unspecified atom stereocenters. The van der Waals surface area contributed by atoms with E-state index < -0.39 is 0 Å². The van der Waals surface area contributed by atoms with Gasteiger partial charge < -0.3 is 11.5 Å². The lowest BCUT2D eigenvalue weighted by Crippen LogP contribution is -2.28. The number of nitrogens with two attached hydrogens (primary N) is 2. The van der Waals surface area contributed by atoms with Crippen LogP contribution in [0.25, 0.3) is 0 Å². The van der Waals surface area contributed by atoms with Crippen molar-refractivity contribution in [2.75, 3.05) is 6.54 Å². The van der Waals surface area contributed by atoms with E-state index in [2.05, 4.69) is 20.8 Å². The lowest BCUT2D eigenvalue weighted by Gasteiger charge is -2.19. The van der Waals surface area contributed by atoms with Crippen LogP contribution in [0.1, 0.15) is 40.0 Å². The van der Waals surface area contributed by atoms with Crippen molar-refractivity contribution in [2.24, 2.45) is 23.3 Å². The summed E-state index contributed by atoms with van der Waals surface area (Å²) in [6, 6.07) is 0.365. The first-order valence-corrected chi connectivity index (χ1v) is 5.07. The first kappa shape index (κ1) is 11.9. The average molecular weight is 172 g/mol. The Labute approximate surface area is 76.7 Å². The highest BCUT2D eigenvalue weighted by Gasteiger charge is 2.11. The molecule has 0 fully saturated rings. The summed E-state index contributed by atoms with van der Waals surface area (Å²) >= 11 is 0. The molecule has 0 aromatic rings. The smallest absolute Gasteiger partial charge is 0.00645 e. The molecule has 0 aliphatic carbocycles. The molecule has 3 atom stereocenters. The third-order valence-corrected chi connectivity index (χ3v) is 2.77. The molecule has 0 radical (unpaired) electrons. The molecule has 0 aliphatic heterocycles. The highest BCUT2D eigenvalue weighted by Crippen LogP contribution is 2.13. The molecule has 2 nitrogen and oxygen atoms in total. The van der Waals surface area contributed by atoms with Gasteiger partial charge in [0.15, 0.2) is 0 Å². The van der Waals surface area contributed by atoms with Crippen LogP contribution in [0.2, 0.25) is 0 Å². The van der Waals surface area contributed by atoms with Crippen molar-refractivity contribution >= 4 is 0 Å². The van der Waals surface area contributed by atoms with Crippen molar-refractivity contribution in [3.8, 4) is 0 Å². The van der Waals surface area contributed by atoms with E-state index in [0.29, 0.717) is 17.9 Å². The Morgan fingerprint density at radius 3 is 2.17 bits per heavy atom. The SMILES string of the molecule is CCC(C)C(N)CCC(C)CN. The van der Waals surface area contributed by atoms with Gasteiger partial charge in [0.2, 0.25) is 0 Å². The average Bonchev–Trinajstić information content (AvgIpc) is 2.11. The maximum Gasteiger partial charge on any atom is 0.00645 e. The van der Waals surface area contributed by atoms with Crippen LogP contribution in [-0.4, -0.2) is 12.6 Å². The third kappa shape index (κ3) is 4.73. The first-order chi connectivity index (χ1) is 5.61. The van der Waals surface area contributed by atoms with Gasteiger partial charge in [-0.25, -0.2) is 0 Å². The monoisotopic (exact) mass is 172 g/mol. The van der Waals surface area contributed by atoms with E-state index in [1.165, 1.54) is 12.8 Å². The molecule has 4 N–H and O–H groups in total. The normalized spacial score (nSPS) is 18.8. The van der Waals surface area contributed by atoms with Crippen LogP contribution in [0.3, 0.4) is 0 Å². The standard InChI is InChI=1S/C10H24N2/c1-4-9(3)10(12)6-5-8(2)7-11/h8-10H,4-7,11-12H2,1-3H3. The van der Waals surface area contributed by atoms with Gasteiger partial charge in [-0.1, -0.05) is 27.2 Å². The first-order valence-electron chi connectivity index (χ1n) is 5.07. The number of hydrogen-bond acceptors (Lipinski definition) is 2. The predicted octanol–water partition coefficient (Wildman–Crippen LogP) is 1.73. The summed E-state index contributed by atoms with van der Waals surface area (Å²) in [5, 5.41) is 0. The molecule has 0 saturated carbocycles. The maximum absolute atomic E-state index is 5.99. The van der Waals surface area contributed by atoms with Crippen LogP contribution in [0.15, 0.2) is 0 Å². The van der Waals surface area contributed by atoms with Gasteiger partial charge >= 0.3 is 0 Å². The lowest BCUT2D eigenvalue weighted by molar-refractivity contribution is 0.382. The topological polar surface area (TPSA) is 52.0 Å². The fourth-order valence-corrected chi connectivity index (χ4v) is 1.18. The van der Waals surface area contributed by atoms with Gasteiger partial charge in [0.25, 0.3) is 0 Å². The summed E-state index contributed by atoms with van der Waals surface area (Å²) in [7, 11) is 0. The van der Waals surface area contributed by atoms with Gasteiger partial charge in [-0.05, 0) is 31.2 Å². The number of hydrogen-bond donors (Lipinski definition) is 2. The minimum Gasteiger partial charge on any atom is -0.330 e. The van der Waals surface area contributed by atoms with Crippen LogP contribution in [0, 0.1) is 11.8 Å². The van der Waals surface area contributed by atoms with E-state index in [0.717, 1.165) is 13.0 Å². The third-order valence-electron chi connectivity index (χ3n) is 2.77. The molecule has 0 saturated heterocycles. The summed E-state index contributed by atoms with van der Waals surface area (Å²) in [5.41, 5.74) is 11.5. The van der Waals surface area contributed by atoms with Crippen molar-refractivity contribution < 1.29 is 0 Å². The minimum atomic E-state index is 0.365. The van der Waals surface area contributed by atoms with Gasteiger partial charge in [-0.15, -0.1) is 0 Å². The minimum absolute atomic E-state index is 0.365. The van der Waals surface area contributed by atoms with Gasteiger partial charge in [0, 0.05) is 6.04 Å². The molecule has 0 aliphatic rings. The Bertz CT molecular complexity index is 104. The largest absolute Gasteiger partial charge is 0.330 e. The zero-order valence-electron chi connectivity index (χ0n) is 8.72. The molecule has 0 spiro atoms. The van der Waals surface area contributed by atoms with E-state index in [1.807, 2.05) is 0 Å². The van der Waals surface area contributed by atoms with Crippen molar-refractivity contribution in [2.45, 2.75) is 46.1 Å². The van der Waals surface area contributed by atoms with E-state index in [-0.39, 0.29) is 0 Å². The zero-order chi connectivity index (χ0) is 9.56. The molecule has 2 heteroatoms.